The van der Waals surface area contributed by atoms with Crippen molar-refractivity contribution in [2.75, 3.05) is 13.1 Å². The summed E-state index contributed by atoms with van der Waals surface area (Å²) in [6.45, 7) is 1.21. The average Bonchev–Trinajstić information content (AvgIpc) is 2.62. The van der Waals surface area contributed by atoms with Crippen molar-refractivity contribution in [3.8, 4) is 0 Å². The highest BCUT2D eigenvalue weighted by atomic mass is 16.3. The van der Waals surface area contributed by atoms with Gasteiger partial charge in [-0.1, -0.05) is 36.4 Å². The molecule has 0 unspecified atom stereocenters. The lowest BCUT2D eigenvalue weighted by atomic mass is 9.88. The molecule has 0 bridgehead atoms. The molecule has 0 spiro atoms. The third kappa shape index (κ3) is 3.92. The van der Waals surface area contributed by atoms with Crippen LogP contribution in [0.3, 0.4) is 0 Å². The molecule has 1 fully saturated rings. The van der Waals surface area contributed by atoms with E-state index in [0.717, 1.165) is 18.4 Å². The number of amides is 1. The lowest BCUT2D eigenvalue weighted by Crippen LogP contribution is -2.42. The minimum Gasteiger partial charge on any atom is -0.392 e. The average molecular weight is 326 g/mol. The zero-order chi connectivity index (χ0) is 16.9. The molecule has 1 aromatic heterocycles. The number of pyridine rings is 1. The Bertz CT molecular complexity index is 734. The fraction of sp³-hybridized carbons (Fsp3) is 0.368. The molecule has 5 heteroatoms. The van der Waals surface area contributed by atoms with Gasteiger partial charge in [0.25, 0.3) is 5.91 Å². The second-order valence-electron chi connectivity index (χ2n) is 6.32. The van der Waals surface area contributed by atoms with Crippen LogP contribution in [0.5, 0.6) is 0 Å². The Hall–Kier alpha value is -2.40. The van der Waals surface area contributed by atoms with Gasteiger partial charge in [0.2, 0.25) is 5.56 Å². The van der Waals surface area contributed by atoms with E-state index in [2.05, 4.69) is 4.98 Å². The standard InChI is InChI=1S/C19H22N2O3/c22-17(13-14-5-2-1-3-6-14)15-9-11-21(12-10-15)19(24)16-7-4-8-18(23)20-16/h1-8,15,17,22H,9-13H2,(H,20,23)/t17-/m1/s1. The number of likely N-dealkylation sites (tertiary alicyclic amines) is 1. The Labute approximate surface area is 140 Å². The summed E-state index contributed by atoms with van der Waals surface area (Å²) in [4.78, 5) is 28.1. The fourth-order valence-electron chi connectivity index (χ4n) is 3.25. The quantitative estimate of drug-likeness (QED) is 0.900. The molecule has 2 heterocycles. The van der Waals surface area contributed by atoms with Crippen LogP contribution in [0, 0.1) is 5.92 Å². The van der Waals surface area contributed by atoms with Gasteiger partial charge in [0.1, 0.15) is 5.69 Å². The van der Waals surface area contributed by atoms with E-state index in [1.165, 1.54) is 6.07 Å². The Morgan fingerprint density at radius 1 is 1.12 bits per heavy atom. The Morgan fingerprint density at radius 3 is 2.50 bits per heavy atom. The van der Waals surface area contributed by atoms with Crippen LogP contribution < -0.4 is 5.56 Å². The topological polar surface area (TPSA) is 73.4 Å². The zero-order valence-electron chi connectivity index (χ0n) is 13.5. The number of benzene rings is 1. The maximum Gasteiger partial charge on any atom is 0.270 e. The van der Waals surface area contributed by atoms with Crippen molar-refractivity contribution < 1.29 is 9.90 Å². The van der Waals surface area contributed by atoms with E-state index in [4.69, 9.17) is 0 Å². The van der Waals surface area contributed by atoms with Crippen molar-refractivity contribution in [2.24, 2.45) is 5.92 Å². The van der Waals surface area contributed by atoms with E-state index in [0.29, 0.717) is 25.2 Å². The van der Waals surface area contributed by atoms with Crippen molar-refractivity contribution in [1.29, 1.82) is 0 Å². The predicted octanol–water partition coefficient (Wildman–Crippen LogP) is 1.83. The number of aliphatic hydroxyl groups is 1. The first kappa shape index (κ1) is 16.5. The number of carbonyl (C=O) groups excluding carboxylic acids is 1. The van der Waals surface area contributed by atoms with Gasteiger partial charge in [0.05, 0.1) is 6.10 Å². The number of carbonyl (C=O) groups is 1. The van der Waals surface area contributed by atoms with Gasteiger partial charge in [-0.25, -0.2) is 0 Å². The summed E-state index contributed by atoms with van der Waals surface area (Å²) in [6.07, 6.45) is 1.81. The highest BCUT2D eigenvalue weighted by Gasteiger charge is 2.28. The van der Waals surface area contributed by atoms with Crippen molar-refractivity contribution in [3.05, 3.63) is 70.1 Å². The first-order chi connectivity index (χ1) is 11.6. The van der Waals surface area contributed by atoms with Crippen molar-refractivity contribution in [1.82, 2.24) is 9.88 Å². The summed E-state index contributed by atoms with van der Waals surface area (Å²) in [6, 6.07) is 14.6. The smallest absolute Gasteiger partial charge is 0.270 e. The molecule has 1 atom stereocenters. The predicted molar refractivity (Wildman–Crippen MR) is 91.8 cm³/mol. The minimum absolute atomic E-state index is 0.149. The van der Waals surface area contributed by atoms with Gasteiger partial charge in [-0.2, -0.15) is 0 Å². The van der Waals surface area contributed by atoms with Gasteiger partial charge in [-0.3, -0.25) is 9.59 Å². The zero-order valence-corrected chi connectivity index (χ0v) is 13.5. The maximum atomic E-state index is 12.4. The lowest BCUT2D eigenvalue weighted by Gasteiger charge is -2.34. The molecule has 126 valence electrons. The number of hydrogen-bond donors (Lipinski definition) is 2. The first-order valence-corrected chi connectivity index (χ1v) is 8.34. The number of aromatic amines is 1. The maximum absolute atomic E-state index is 12.4. The van der Waals surface area contributed by atoms with Crippen molar-refractivity contribution >= 4 is 5.91 Å². The van der Waals surface area contributed by atoms with Crippen LogP contribution in [0.1, 0.15) is 28.9 Å². The van der Waals surface area contributed by atoms with E-state index >= 15 is 0 Å². The molecular weight excluding hydrogens is 304 g/mol. The van der Waals surface area contributed by atoms with Crippen LogP contribution in [0.4, 0.5) is 0 Å². The third-order valence-electron chi connectivity index (χ3n) is 4.66. The van der Waals surface area contributed by atoms with Crippen LogP contribution in [0.25, 0.3) is 0 Å². The van der Waals surface area contributed by atoms with Gasteiger partial charge >= 0.3 is 0 Å². The van der Waals surface area contributed by atoms with Crippen LogP contribution in [0.2, 0.25) is 0 Å². The Morgan fingerprint density at radius 2 is 1.83 bits per heavy atom. The first-order valence-electron chi connectivity index (χ1n) is 8.34. The van der Waals surface area contributed by atoms with Gasteiger partial charge in [0, 0.05) is 19.2 Å². The summed E-state index contributed by atoms with van der Waals surface area (Å²) in [5.41, 5.74) is 1.19. The van der Waals surface area contributed by atoms with Crippen molar-refractivity contribution in [3.63, 3.8) is 0 Å². The van der Waals surface area contributed by atoms with Gasteiger partial charge in [-0.15, -0.1) is 0 Å². The van der Waals surface area contributed by atoms with E-state index in [1.807, 2.05) is 30.3 Å². The highest BCUT2D eigenvalue weighted by molar-refractivity contribution is 5.92. The number of piperidine rings is 1. The fourth-order valence-corrected chi connectivity index (χ4v) is 3.25. The monoisotopic (exact) mass is 326 g/mol. The summed E-state index contributed by atoms with van der Waals surface area (Å²) in [7, 11) is 0. The summed E-state index contributed by atoms with van der Waals surface area (Å²) in [5.74, 6) is 0.0489. The molecule has 1 saturated heterocycles. The number of hydrogen-bond acceptors (Lipinski definition) is 3. The van der Waals surface area contributed by atoms with Gasteiger partial charge < -0.3 is 15.0 Å². The molecule has 1 amide bonds. The minimum atomic E-state index is -0.388. The largest absolute Gasteiger partial charge is 0.392 e. The molecule has 3 rings (SSSR count). The number of rotatable bonds is 4. The second-order valence-corrected chi connectivity index (χ2v) is 6.32. The van der Waals surface area contributed by atoms with Crippen LogP contribution >= 0.6 is 0 Å². The molecule has 24 heavy (non-hydrogen) atoms. The molecule has 2 aromatic rings. The lowest BCUT2D eigenvalue weighted by molar-refractivity contribution is 0.0463. The summed E-state index contributed by atoms with van der Waals surface area (Å²) in [5, 5.41) is 10.5. The second kappa shape index (κ2) is 7.45. The number of nitrogens with one attached hydrogen (secondary N) is 1. The third-order valence-corrected chi connectivity index (χ3v) is 4.66. The van der Waals surface area contributed by atoms with Gasteiger partial charge in [0.15, 0.2) is 0 Å². The van der Waals surface area contributed by atoms with Crippen LogP contribution in [-0.4, -0.2) is 40.1 Å². The normalized spacial score (nSPS) is 16.8. The van der Waals surface area contributed by atoms with Gasteiger partial charge in [-0.05, 0) is 36.8 Å². The molecule has 0 saturated carbocycles. The molecule has 0 aliphatic carbocycles. The highest BCUT2D eigenvalue weighted by Crippen LogP contribution is 2.23. The summed E-state index contributed by atoms with van der Waals surface area (Å²) < 4.78 is 0. The molecule has 1 aliphatic heterocycles. The Balaban J connectivity index is 1.55. The van der Waals surface area contributed by atoms with Crippen LogP contribution in [-0.2, 0) is 6.42 Å². The van der Waals surface area contributed by atoms with E-state index < -0.39 is 0 Å². The molecule has 5 nitrogen and oxygen atoms in total. The molecule has 0 radical (unpaired) electrons. The molecular formula is C19H22N2O3. The SMILES string of the molecule is O=C(c1cccc(=O)[nH]1)N1CCC([C@H](O)Cc2ccccc2)CC1. The van der Waals surface area contributed by atoms with E-state index in [-0.39, 0.29) is 23.5 Å². The molecule has 2 N–H and O–H groups in total. The summed E-state index contributed by atoms with van der Waals surface area (Å²) >= 11 is 0. The molecule has 1 aromatic carbocycles. The van der Waals surface area contributed by atoms with E-state index in [1.54, 1.807) is 17.0 Å². The Kier molecular flexibility index (Phi) is 5.11. The number of aromatic nitrogens is 1. The van der Waals surface area contributed by atoms with Crippen LogP contribution in [0.15, 0.2) is 53.3 Å². The number of aliphatic hydroxyl groups excluding tert-OH is 1. The number of H-pyrrole nitrogens is 1. The van der Waals surface area contributed by atoms with Crippen molar-refractivity contribution in [2.45, 2.75) is 25.4 Å². The van der Waals surface area contributed by atoms with E-state index in [9.17, 15) is 14.7 Å². The molecule has 1 aliphatic rings. The number of nitrogens with zero attached hydrogens (tertiary/aromatic N) is 1.